The minimum atomic E-state index is 0.433. The van der Waals surface area contributed by atoms with Gasteiger partial charge in [-0.2, -0.15) is 0 Å². The summed E-state index contributed by atoms with van der Waals surface area (Å²) in [5, 5.41) is 0. The molecule has 0 aliphatic heterocycles. The first kappa shape index (κ1) is 5.45. The topological polar surface area (TPSA) is 17.1 Å². The normalized spacial score (nSPS) is 47.8. The average molecular weight is 124 g/mol. The van der Waals surface area contributed by atoms with E-state index in [2.05, 4.69) is 0 Å². The molecule has 2 aliphatic carbocycles. The van der Waals surface area contributed by atoms with Crippen LogP contribution >= 0.6 is 0 Å². The molecule has 2 rings (SSSR count). The fourth-order valence-electron chi connectivity index (χ4n) is 2.24. The van der Waals surface area contributed by atoms with Crippen molar-refractivity contribution in [1.29, 1.82) is 0 Å². The van der Waals surface area contributed by atoms with Gasteiger partial charge in [0.05, 0.1) is 0 Å². The van der Waals surface area contributed by atoms with Crippen molar-refractivity contribution in [2.75, 3.05) is 0 Å². The lowest BCUT2D eigenvalue weighted by molar-refractivity contribution is -0.111. The SMILES string of the molecule is O=CC1C[C@H]2CC[C@H]2C1. The number of carbonyl (C=O) groups excluding carboxylic acids is 1. The molecule has 1 nitrogen and oxygen atoms in total. The molecule has 0 spiro atoms. The second-order valence-electron chi connectivity index (χ2n) is 3.47. The average Bonchev–Trinajstić information content (AvgIpc) is 2.10. The Kier molecular flexibility index (Phi) is 1.11. The highest BCUT2D eigenvalue weighted by Crippen LogP contribution is 2.48. The van der Waals surface area contributed by atoms with Gasteiger partial charge in [0.25, 0.3) is 0 Å². The Bertz CT molecular complexity index is 119. The lowest BCUT2D eigenvalue weighted by atomic mass is 9.77. The maximum Gasteiger partial charge on any atom is 0.123 e. The van der Waals surface area contributed by atoms with E-state index in [4.69, 9.17) is 0 Å². The molecule has 0 bridgehead atoms. The van der Waals surface area contributed by atoms with Crippen molar-refractivity contribution in [3.05, 3.63) is 0 Å². The van der Waals surface area contributed by atoms with E-state index in [1.165, 1.54) is 25.7 Å². The van der Waals surface area contributed by atoms with Crippen molar-refractivity contribution in [2.45, 2.75) is 25.7 Å². The van der Waals surface area contributed by atoms with Crippen molar-refractivity contribution in [3.63, 3.8) is 0 Å². The highest BCUT2D eigenvalue weighted by molar-refractivity contribution is 5.54. The summed E-state index contributed by atoms with van der Waals surface area (Å²) in [6, 6.07) is 0. The molecule has 0 amide bonds. The number of rotatable bonds is 1. The van der Waals surface area contributed by atoms with Crippen molar-refractivity contribution < 1.29 is 4.79 Å². The highest BCUT2D eigenvalue weighted by atomic mass is 16.1. The third kappa shape index (κ3) is 0.707. The Morgan fingerprint density at radius 1 is 1.11 bits per heavy atom. The molecule has 0 aromatic heterocycles. The van der Waals surface area contributed by atoms with Crippen molar-refractivity contribution in [1.82, 2.24) is 0 Å². The Morgan fingerprint density at radius 2 is 1.67 bits per heavy atom. The summed E-state index contributed by atoms with van der Waals surface area (Å²) in [5.41, 5.74) is 0. The lowest BCUT2D eigenvalue weighted by Gasteiger charge is -2.29. The fourth-order valence-corrected chi connectivity index (χ4v) is 2.24. The first-order chi connectivity index (χ1) is 4.40. The van der Waals surface area contributed by atoms with Crippen LogP contribution in [0.15, 0.2) is 0 Å². The maximum atomic E-state index is 10.3. The fraction of sp³-hybridized carbons (Fsp3) is 0.875. The van der Waals surface area contributed by atoms with Gasteiger partial charge in [-0.3, -0.25) is 0 Å². The van der Waals surface area contributed by atoms with E-state index in [1.807, 2.05) is 0 Å². The summed E-state index contributed by atoms with van der Waals surface area (Å²) in [6.45, 7) is 0. The van der Waals surface area contributed by atoms with Gasteiger partial charge >= 0.3 is 0 Å². The zero-order valence-corrected chi connectivity index (χ0v) is 5.55. The van der Waals surface area contributed by atoms with Gasteiger partial charge in [0.15, 0.2) is 0 Å². The summed E-state index contributed by atoms with van der Waals surface area (Å²) in [4.78, 5) is 10.3. The van der Waals surface area contributed by atoms with Crippen LogP contribution < -0.4 is 0 Å². The first-order valence-corrected chi connectivity index (χ1v) is 3.85. The molecule has 1 heteroatoms. The van der Waals surface area contributed by atoms with Crippen LogP contribution in [-0.2, 0) is 4.79 Å². The Hall–Kier alpha value is -0.330. The predicted molar refractivity (Wildman–Crippen MR) is 35.0 cm³/mol. The summed E-state index contributed by atoms with van der Waals surface area (Å²) >= 11 is 0. The number of hydrogen-bond acceptors (Lipinski definition) is 1. The molecule has 0 aromatic carbocycles. The standard InChI is InChI=1S/C8H12O/c9-5-6-3-7-1-2-8(7)4-6/h5-8H,1-4H2/t6?,7-,8+. The van der Waals surface area contributed by atoms with E-state index in [1.54, 1.807) is 0 Å². The zero-order valence-electron chi connectivity index (χ0n) is 5.55. The van der Waals surface area contributed by atoms with Crippen LogP contribution in [0.2, 0.25) is 0 Å². The molecule has 9 heavy (non-hydrogen) atoms. The summed E-state index contributed by atoms with van der Waals surface area (Å²) in [7, 11) is 0. The highest BCUT2D eigenvalue weighted by Gasteiger charge is 2.39. The first-order valence-electron chi connectivity index (χ1n) is 3.85. The van der Waals surface area contributed by atoms with Gasteiger partial charge in [0, 0.05) is 5.92 Å². The van der Waals surface area contributed by atoms with Crippen LogP contribution in [-0.4, -0.2) is 6.29 Å². The molecule has 0 N–H and O–H groups in total. The molecule has 2 saturated carbocycles. The van der Waals surface area contributed by atoms with E-state index in [9.17, 15) is 4.79 Å². The predicted octanol–water partition coefficient (Wildman–Crippen LogP) is 1.62. The van der Waals surface area contributed by atoms with E-state index in [-0.39, 0.29) is 0 Å². The number of hydrogen-bond donors (Lipinski definition) is 0. The molecule has 0 radical (unpaired) electrons. The van der Waals surface area contributed by atoms with Gasteiger partial charge in [-0.15, -0.1) is 0 Å². The molecule has 2 fully saturated rings. The second-order valence-corrected chi connectivity index (χ2v) is 3.47. The second kappa shape index (κ2) is 1.83. The molecule has 0 heterocycles. The van der Waals surface area contributed by atoms with E-state index in [0.29, 0.717) is 5.92 Å². The van der Waals surface area contributed by atoms with Gasteiger partial charge in [-0.25, -0.2) is 0 Å². The van der Waals surface area contributed by atoms with Gasteiger partial charge in [0.1, 0.15) is 6.29 Å². The Labute approximate surface area is 55.4 Å². The molecule has 0 aromatic rings. The van der Waals surface area contributed by atoms with Gasteiger partial charge in [-0.05, 0) is 37.5 Å². The molecule has 3 atom stereocenters. The minimum absolute atomic E-state index is 0.433. The molecule has 2 aliphatic rings. The lowest BCUT2D eigenvalue weighted by Crippen LogP contribution is -2.18. The van der Waals surface area contributed by atoms with E-state index >= 15 is 0 Å². The largest absolute Gasteiger partial charge is 0.303 e. The van der Waals surface area contributed by atoms with Crippen LogP contribution in [0.5, 0.6) is 0 Å². The van der Waals surface area contributed by atoms with Crippen LogP contribution in [0.25, 0.3) is 0 Å². The monoisotopic (exact) mass is 124 g/mol. The maximum absolute atomic E-state index is 10.3. The Balaban J connectivity index is 1.98. The van der Waals surface area contributed by atoms with Crippen LogP contribution in [0.1, 0.15) is 25.7 Å². The summed E-state index contributed by atoms with van der Waals surface area (Å²) in [6.07, 6.45) is 6.35. The van der Waals surface area contributed by atoms with E-state index in [0.717, 1.165) is 18.1 Å². The van der Waals surface area contributed by atoms with Crippen LogP contribution in [0.4, 0.5) is 0 Å². The Morgan fingerprint density at radius 3 is 2.00 bits per heavy atom. The minimum Gasteiger partial charge on any atom is -0.303 e. The zero-order chi connectivity index (χ0) is 6.27. The number of fused-ring (bicyclic) bond motifs is 1. The quantitative estimate of drug-likeness (QED) is 0.485. The molecular weight excluding hydrogens is 112 g/mol. The van der Waals surface area contributed by atoms with Gasteiger partial charge < -0.3 is 4.79 Å². The third-order valence-corrected chi connectivity index (χ3v) is 2.98. The van der Waals surface area contributed by atoms with Crippen molar-refractivity contribution in [3.8, 4) is 0 Å². The third-order valence-electron chi connectivity index (χ3n) is 2.98. The molecule has 50 valence electrons. The van der Waals surface area contributed by atoms with Gasteiger partial charge in [0.2, 0.25) is 0 Å². The summed E-state index contributed by atoms with van der Waals surface area (Å²) < 4.78 is 0. The molecule has 1 unspecified atom stereocenters. The van der Waals surface area contributed by atoms with Gasteiger partial charge in [-0.1, -0.05) is 0 Å². The summed E-state index contributed by atoms with van der Waals surface area (Å²) in [5.74, 6) is 2.32. The van der Waals surface area contributed by atoms with Crippen molar-refractivity contribution in [2.24, 2.45) is 17.8 Å². The van der Waals surface area contributed by atoms with Crippen molar-refractivity contribution >= 4 is 6.29 Å². The van der Waals surface area contributed by atoms with E-state index < -0.39 is 0 Å². The van der Waals surface area contributed by atoms with Crippen LogP contribution in [0.3, 0.4) is 0 Å². The molecular formula is C8H12O. The van der Waals surface area contributed by atoms with Crippen LogP contribution in [0, 0.1) is 17.8 Å². The number of carbonyl (C=O) groups is 1. The number of aldehydes is 1. The molecule has 0 saturated heterocycles. The smallest absolute Gasteiger partial charge is 0.123 e.